The number of para-hydroxylation sites is 2. The van der Waals surface area contributed by atoms with Crippen molar-refractivity contribution in [3.63, 3.8) is 0 Å². The van der Waals surface area contributed by atoms with E-state index in [4.69, 9.17) is 11.6 Å². The molecule has 0 aliphatic rings. The largest absolute Gasteiger partial charge is 0.506 e. The van der Waals surface area contributed by atoms with Gasteiger partial charge in [-0.25, -0.2) is 4.98 Å². The van der Waals surface area contributed by atoms with Gasteiger partial charge < -0.3 is 10.4 Å². The van der Waals surface area contributed by atoms with Gasteiger partial charge in [0.25, 0.3) is 5.91 Å². The van der Waals surface area contributed by atoms with Crippen LogP contribution in [0.4, 0.5) is 5.69 Å². The number of phenolic OH excluding ortho intramolecular Hbond substituents is 1. The number of carbonyl (C=O) groups excluding carboxylic acids is 1. The van der Waals surface area contributed by atoms with E-state index in [2.05, 4.69) is 10.3 Å². The van der Waals surface area contributed by atoms with Crippen molar-refractivity contribution < 1.29 is 9.90 Å². The zero-order valence-electron chi connectivity index (χ0n) is 11.3. The lowest BCUT2D eigenvalue weighted by molar-refractivity contribution is 0.102. The van der Waals surface area contributed by atoms with Crippen LogP contribution in [0.15, 0.2) is 53.9 Å². The van der Waals surface area contributed by atoms with Crippen molar-refractivity contribution in [3.8, 4) is 16.3 Å². The highest BCUT2D eigenvalue weighted by Crippen LogP contribution is 2.26. The lowest BCUT2D eigenvalue weighted by Gasteiger charge is -2.04. The molecule has 2 aromatic carbocycles. The summed E-state index contributed by atoms with van der Waals surface area (Å²) in [5, 5.41) is 15.4. The van der Waals surface area contributed by atoms with Gasteiger partial charge in [0, 0.05) is 16.0 Å². The number of hydrogen-bond donors (Lipinski definition) is 2. The maximum Gasteiger partial charge on any atom is 0.275 e. The van der Waals surface area contributed by atoms with Crippen LogP contribution in [0, 0.1) is 0 Å². The Labute approximate surface area is 136 Å². The van der Waals surface area contributed by atoms with E-state index < -0.39 is 0 Å². The molecule has 2 N–H and O–H groups in total. The first-order valence-corrected chi connectivity index (χ1v) is 7.70. The Balaban J connectivity index is 1.80. The fourth-order valence-corrected chi connectivity index (χ4v) is 2.80. The number of nitrogens with zero attached hydrogens (tertiary/aromatic N) is 1. The molecule has 0 radical (unpaired) electrons. The molecule has 3 aromatic rings. The van der Waals surface area contributed by atoms with Crippen LogP contribution < -0.4 is 5.32 Å². The minimum absolute atomic E-state index is 0.0176. The number of amides is 1. The highest BCUT2D eigenvalue weighted by atomic mass is 35.5. The Hall–Kier alpha value is -2.37. The second kappa shape index (κ2) is 6.17. The number of aromatic hydroxyl groups is 1. The van der Waals surface area contributed by atoms with Crippen LogP contribution in [-0.2, 0) is 0 Å². The first-order valence-electron chi connectivity index (χ1n) is 6.44. The molecule has 0 aliphatic carbocycles. The first kappa shape index (κ1) is 14.6. The second-order valence-corrected chi connectivity index (χ2v) is 5.81. The number of halogens is 1. The second-order valence-electron chi connectivity index (χ2n) is 4.52. The third-order valence-corrected chi connectivity index (χ3v) is 4.12. The van der Waals surface area contributed by atoms with E-state index in [0.717, 1.165) is 10.6 Å². The third kappa shape index (κ3) is 3.10. The molecule has 0 aliphatic heterocycles. The molecule has 0 unspecified atom stereocenters. The highest BCUT2D eigenvalue weighted by molar-refractivity contribution is 7.13. The molecule has 6 heteroatoms. The van der Waals surface area contributed by atoms with Gasteiger partial charge >= 0.3 is 0 Å². The van der Waals surface area contributed by atoms with Gasteiger partial charge in [0.1, 0.15) is 16.5 Å². The van der Waals surface area contributed by atoms with E-state index >= 15 is 0 Å². The quantitative estimate of drug-likeness (QED) is 0.699. The van der Waals surface area contributed by atoms with E-state index in [1.165, 1.54) is 17.4 Å². The van der Waals surface area contributed by atoms with Crippen molar-refractivity contribution in [2.45, 2.75) is 0 Å². The molecule has 3 rings (SSSR count). The molecule has 4 nitrogen and oxygen atoms in total. The smallest absolute Gasteiger partial charge is 0.275 e. The summed E-state index contributed by atoms with van der Waals surface area (Å²) in [5.41, 5.74) is 1.56. The first-order chi connectivity index (χ1) is 10.6. The van der Waals surface area contributed by atoms with Crippen molar-refractivity contribution in [3.05, 3.63) is 64.6 Å². The van der Waals surface area contributed by atoms with Crippen LogP contribution in [0.2, 0.25) is 5.02 Å². The highest BCUT2D eigenvalue weighted by Gasteiger charge is 2.13. The molecule has 0 fully saturated rings. The lowest BCUT2D eigenvalue weighted by Crippen LogP contribution is -2.12. The van der Waals surface area contributed by atoms with Crippen LogP contribution in [-0.4, -0.2) is 16.0 Å². The average Bonchev–Trinajstić information content (AvgIpc) is 3.00. The molecule has 1 aromatic heterocycles. The molecule has 0 atom stereocenters. The molecule has 1 amide bonds. The average molecular weight is 331 g/mol. The van der Waals surface area contributed by atoms with Crippen LogP contribution >= 0.6 is 22.9 Å². The molecule has 0 saturated heterocycles. The van der Waals surface area contributed by atoms with Crippen molar-refractivity contribution in [1.82, 2.24) is 4.98 Å². The summed E-state index contributed by atoms with van der Waals surface area (Å²) in [6, 6.07) is 13.8. The molecular weight excluding hydrogens is 320 g/mol. The number of thiazole rings is 1. The Morgan fingerprint density at radius 1 is 1.14 bits per heavy atom. The van der Waals surface area contributed by atoms with Crippen LogP contribution in [0.25, 0.3) is 10.6 Å². The Morgan fingerprint density at radius 2 is 1.86 bits per heavy atom. The topological polar surface area (TPSA) is 62.2 Å². The van der Waals surface area contributed by atoms with Gasteiger partial charge in [-0.05, 0) is 24.3 Å². The maximum absolute atomic E-state index is 12.2. The number of hydrogen-bond acceptors (Lipinski definition) is 4. The van der Waals surface area contributed by atoms with Crippen LogP contribution in [0.1, 0.15) is 10.5 Å². The predicted molar refractivity (Wildman–Crippen MR) is 88.6 cm³/mol. The number of benzene rings is 2. The number of nitrogens with one attached hydrogen (secondary N) is 1. The predicted octanol–water partition coefficient (Wildman–Crippen LogP) is 4.42. The Morgan fingerprint density at radius 3 is 2.59 bits per heavy atom. The number of anilines is 1. The van der Waals surface area contributed by atoms with E-state index in [1.807, 2.05) is 12.1 Å². The monoisotopic (exact) mass is 330 g/mol. The van der Waals surface area contributed by atoms with Gasteiger partial charge in [-0.15, -0.1) is 11.3 Å². The molecule has 0 saturated carbocycles. The molecule has 1 heterocycles. The third-order valence-electron chi connectivity index (χ3n) is 2.98. The van der Waals surface area contributed by atoms with Gasteiger partial charge in [0.15, 0.2) is 0 Å². The lowest BCUT2D eigenvalue weighted by atomic mass is 10.2. The van der Waals surface area contributed by atoms with Crippen molar-refractivity contribution in [2.75, 3.05) is 5.32 Å². The van der Waals surface area contributed by atoms with Gasteiger partial charge in [0.2, 0.25) is 0 Å². The Bertz CT molecular complexity index is 815. The standard InChI is InChI=1S/C16H11ClN2O2S/c17-11-7-5-10(6-8-11)16-19-13(9-22-16)15(21)18-12-3-1-2-4-14(12)20/h1-9,20H,(H,18,21). The summed E-state index contributed by atoms with van der Waals surface area (Å²) < 4.78 is 0. The summed E-state index contributed by atoms with van der Waals surface area (Å²) in [7, 11) is 0. The number of aromatic nitrogens is 1. The van der Waals surface area contributed by atoms with Crippen molar-refractivity contribution >= 4 is 34.5 Å². The fourth-order valence-electron chi connectivity index (χ4n) is 1.87. The molecule has 0 bridgehead atoms. The fraction of sp³-hybridized carbons (Fsp3) is 0. The molecular formula is C16H11ClN2O2S. The number of rotatable bonds is 3. The van der Waals surface area contributed by atoms with Gasteiger partial charge in [-0.1, -0.05) is 35.9 Å². The molecule has 22 heavy (non-hydrogen) atoms. The normalized spacial score (nSPS) is 10.4. The molecule has 110 valence electrons. The van der Waals surface area contributed by atoms with E-state index in [-0.39, 0.29) is 11.7 Å². The summed E-state index contributed by atoms with van der Waals surface area (Å²) >= 11 is 7.23. The van der Waals surface area contributed by atoms with Gasteiger partial charge in [0.05, 0.1) is 5.69 Å². The van der Waals surface area contributed by atoms with E-state index in [1.54, 1.807) is 35.7 Å². The minimum atomic E-state index is -0.363. The van der Waals surface area contributed by atoms with Crippen molar-refractivity contribution in [2.24, 2.45) is 0 Å². The Kier molecular flexibility index (Phi) is 4.09. The SMILES string of the molecule is O=C(Nc1ccccc1O)c1csc(-c2ccc(Cl)cc2)n1. The molecule has 0 spiro atoms. The minimum Gasteiger partial charge on any atom is -0.506 e. The summed E-state index contributed by atoms with van der Waals surface area (Å²) in [4.78, 5) is 16.5. The number of phenols is 1. The number of carbonyl (C=O) groups is 1. The van der Waals surface area contributed by atoms with Crippen LogP contribution in [0.5, 0.6) is 5.75 Å². The van der Waals surface area contributed by atoms with Crippen molar-refractivity contribution in [1.29, 1.82) is 0 Å². The summed E-state index contributed by atoms with van der Waals surface area (Å²) in [6.45, 7) is 0. The van der Waals surface area contributed by atoms with Crippen LogP contribution in [0.3, 0.4) is 0 Å². The maximum atomic E-state index is 12.2. The van der Waals surface area contributed by atoms with E-state index in [0.29, 0.717) is 16.4 Å². The summed E-state index contributed by atoms with van der Waals surface area (Å²) in [5.74, 6) is -0.345. The zero-order chi connectivity index (χ0) is 15.5. The van der Waals surface area contributed by atoms with E-state index in [9.17, 15) is 9.90 Å². The van der Waals surface area contributed by atoms with Gasteiger partial charge in [-0.3, -0.25) is 4.79 Å². The zero-order valence-corrected chi connectivity index (χ0v) is 12.9. The summed E-state index contributed by atoms with van der Waals surface area (Å²) in [6.07, 6.45) is 0. The van der Waals surface area contributed by atoms with Gasteiger partial charge in [-0.2, -0.15) is 0 Å².